The minimum Gasteiger partial charge on any atom is -0.279 e. The van der Waals surface area contributed by atoms with Gasteiger partial charge in [0.2, 0.25) is 0 Å². The Morgan fingerprint density at radius 1 is 1.05 bits per heavy atom. The van der Waals surface area contributed by atoms with Crippen LogP contribution in [-0.2, 0) is 10.0 Å². The Bertz CT molecular complexity index is 702. The molecule has 1 heterocycles. The molecule has 0 saturated carbocycles. The number of benzene rings is 1. The molecule has 19 heavy (non-hydrogen) atoms. The largest absolute Gasteiger partial charge is 0.279 e. The predicted molar refractivity (Wildman–Crippen MR) is 79.2 cm³/mol. The highest BCUT2D eigenvalue weighted by Gasteiger charge is 2.15. The molecule has 0 radical (unpaired) electrons. The number of nitrogens with zero attached hydrogens (tertiary/aromatic N) is 1. The van der Waals surface area contributed by atoms with Crippen LogP contribution in [-0.4, -0.2) is 13.4 Å². The molecule has 100 valence electrons. The average molecular weight is 382 g/mol. The van der Waals surface area contributed by atoms with Crippen molar-refractivity contribution in [1.29, 1.82) is 0 Å². The van der Waals surface area contributed by atoms with Crippen molar-refractivity contribution in [3.63, 3.8) is 0 Å². The van der Waals surface area contributed by atoms with Gasteiger partial charge in [-0.3, -0.25) is 9.71 Å². The van der Waals surface area contributed by atoms with Crippen molar-refractivity contribution in [2.24, 2.45) is 0 Å². The molecule has 0 unspecified atom stereocenters. The summed E-state index contributed by atoms with van der Waals surface area (Å²) in [7, 11) is -3.73. The van der Waals surface area contributed by atoms with E-state index >= 15 is 0 Å². The van der Waals surface area contributed by atoms with Gasteiger partial charge >= 0.3 is 0 Å². The van der Waals surface area contributed by atoms with Gasteiger partial charge in [0.15, 0.2) is 0 Å². The van der Waals surface area contributed by atoms with Crippen LogP contribution in [0.5, 0.6) is 0 Å². The van der Waals surface area contributed by atoms with Crippen LogP contribution < -0.4 is 4.72 Å². The number of nitrogens with one attached hydrogen (secondary N) is 1. The standard InChI is InChI=1S/C11H7BrCl2N2O2S/c12-7-1-11(6-15-5-7)19(17,18)16-10-3-8(13)2-9(14)4-10/h1-6,16H. The van der Waals surface area contributed by atoms with Gasteiger partial charge < -0.3 is 0 Å². The van der Waals surface area contributed by atoms with Gasteiger partial charge in [0.1, 0.15) is 4.90 Å². The van der Waals surface area contributed by atoms with Crippen LogP contribution in [0.25, 0.3) is 0 Å². The minimum atomic E-state index is -3.73. The zero-order chi connectivity index (χ0) is 14.0. The first-order valence-electron chi connectivity index (χ1n) is 4.96. The highest BCUT2D eigenvalue weighted by Crippen LogP contribution is 2.25. The first kappa shape index (κ1) is 14.6. The minimum absolute atomic E-state index is 0.0398. The van der Waals surface area contributed by atoms with E-state index in [2.05, 4.69) is 25.6 Å². The zero-order valence-electron chi connectivity index (χ0n) is 9.27. The second kappa shape index (κ2) is 5.66. The molecule has 1 N–H and O–H groups in total. The van der Waals surface area contributed by atoms with E-state index < -0.39 is 10.0 Å². The topological polar surface area (TPSA) is 59.1 Å². The maximum Gasteiger partial charge on any atom is 0.263 e. The van der Waals surface area contributed by atoms with E-state index in [4.69, 9.17) is 23.2 Å². The molecule has 0 amide bonds. The summed E-state index contributed by atoms with van der Waals surface area (Å²) in [4.78, 5) is 3.85. The second-order valence-corrected chi connectivity index (χ2v) is 7.07. The Kier molecular flexibility index (Phi) is 4.35. The maximum atomic E-state index is 12.1. The summed E-state index contributed by atoms with van der Waals surface area (Å²) in [6.45, 7) is 0. The molecule has 0 aliphatic rings. The van der Waals surface area contributed by atoms with Crippen LogP contribution in [0.4, 0.5) is 5.69 Å². The number of sulfonamides is 1. The van der Waals surface area contributed by atoms with E-state index in [9.17, 15) is 8.42 Å². The van der Waals surface area contributed by atoms with Crippen LogP contribution in [0, 0.1) is 0 Å². The van der Waals surface area contributed by atoms with Gasteiger partial charge in [-0.25, -0.2) is 8.42 Å². The van der Waals surface area contributed by atoms with Gasteiger partial charge in [-0.2, -0.15) is 0 Å². The molecule has 0 aliphatic heterocycles. The smallest absolute Gasteiger partial charge is 0.263 e. The Morgan fingerprint density at radius 2 is 1.68 bits per heavy atom. The monoisotopic (exact) mass is 380 g/mol. The van der Waals surface area contributed by atoms with Crippen LogP contribution in [0.3, 0.4) is 0 Å². The Morgan fingerprint density at radius 3 is 2.26 bits per heavy atom. The molecule has 0 spiro atoms. The van der Waals surface area contributed by atoms with Gasteiger partial charge in [0.25, 0.3) is 10.0 Å². The third-order valence-corrected chi connectivity index (χ3v) is 4.32. The Labute approximate surface area is 128 Å². The fourth-order valence-electron chi connectivity index (χ4n) is 1.37. The fraction of sp³-hybridized carbons (Fsp3) is 0. The molecule has 0 saturated heterocycles. The summed E-state index contributed by atoms with van der Waals surface area (Å²) < 4.78 is 27.2. The van der Waals surface area contributed by atoms with Crippen molar-refractivity contribution in [2.45, 2.75) is 4.90 Å². The van der Waals surface area contributed by atoms with Crippen molar-refractivity contribution >= 4 is 54.8 Å². The van der Waals surface area contributed by atoms with Crippen LogP contribution in [0.1, 0.15) is 0 Å². The van der Waals surface area contributed by atoms with Gasteiger partial charge in [0, 0.05) is 26.9 Å². The number of rotatable bonds is 3. The third kappa shape index (κ3) is 3.82. The highest BCUT2D eigenvalue weighted by molar-refractivity contribution is 9.10. The van der Waals surface area contributed by atoms with Crippen molar-refractivity contribution < 1.29 is 8.42 Å². The Balaban J connectivity index is 2.36. The lowest BCUT2D eigenvalue weighted by atomic mass is 10.3. The average Bonchev–Trinajstić information content (AvgIpc) is 2.26. The molecular formula is C11H7BrCl2N2O2S. The number of hydrogen-bond acceptors (Lipinski definition) is 3. The van der Waals surface area contributed by atoms with Crippen molar-refractivity contribution in [2.75, 3.05) is 4.72 Å². The predicted octanol–water partition coefficient (Wildman–Crippen LogP) is 3.95. The van der Waals surface area contributed by atoms with E-state index in [0.717, 1.165) is 0 Å². The van der Waals surface area contributed by atoms with Crippen molar-refractivity contribution in [1.82, 2.24) is 4.98 Å². The van der Waals surface area contributed by atoms with E-state index in [1.807, 2.05) is 0 Å². The molecule has 0 aliphatic carbocycles. The zero-order valence-corrected chi connectivity index (χ0v) is 13.2. The molecule has 2 rings (SSSR count). The first-order valence-corrected chi connectivity index (χ1v) is 7.99. The molecule has 1 aromatic heterocycles. The van der Waals surface area contributed by atoms with E-state index in [0.29, 0.717) is 14.5 Å². The summed E-state index contributed by atoms with van der Waals surface area (Å²) in [5.74, 6) is 0. The normalized spacial score (nSPS) is 11.3. The number of pyridine rings is 1. The second-order valence-electron chi connectivity index (χ2n) is 3.60. The molecule has 1 aromatic carbocycles. The van der Waals surface area contributed by atoms with Crippen LogP contribution in [0.15, 0.2) is 46.0 Å². The first-order chi connectivity index (χ1) is 8.87. The fourth-order valence-corrected chi connectivity index (χ4v) is 3.44. The molecule has 4 nitrogen and oxygen atoms in total. The number of hydrogen-bond donors (Lipinski definition) is 1. The van der Waals surface area contributed by atoms with Crippen LogP contribution >= 0.6 is 39.1 Å². The number of aromatic nitrogens is 1. The third-order valence-electron chi connectivity index (χ3n) is 2.10. The lowest BCUT2D eigenvalue weighted by Gasteiger charge is -2.08. The molecule has 0 fully saturated rings. The summed E-state index contributed by atoms with van der Waals surface area (Å²) in [6, 6.07) is 5.90. The van der Waals surface area contributed by atoms with Gasteiger partial charge in [-0.15, -0.1) is 0 Å². The summed E-state index contributed by atoms with van der Waals surface area (Å²) >= 11 is 14.8. The molecule has 0 bridgehead atoms. The molecule has 2 aromatic rings. The van der Waals surface area contributed by atoms with Crippen molar-refractivity contribution in [3.05, 3.63) is 51.2 Å². The SMILES string of the molecule is O=S(=O)(Nc1cc(Cl)cc(Cl)c1)c1cncc(Br)c1. The number of anilines is 1. The van der Waals surface area contributed by atoms with E-state index in [1.54, 1.807) is 0 Å². The van der Waals surface area contributed by atoms with Gasteiger partial charge in [-0.1, -0.05) is 23.2 Å². The van der Waals surface area contributed by atoms with E-state index in [1.165, 1.54) is 36.7 Å². The summed E-state index contributed by atoms with van der Waals surface area (Å²) in [6.07, 6.45) is 2.74. The maximum absolute atomic E-state index is 12.1. The quantitative estimate of drug-likeness (QED) is 0.875. The lowest BCUT2D eigenvalue weighted by molar-refractivity contribution is 0.600. The molecular weight excluding hydrogens is 375 g/mol. The summed E-state index contributed by atoms with van der Waals surface area (Å²) in [5.41, 5.74) is 0.289. The molecule has 0 atom stereocenters. The summed E-state index contributed by atoms with van der Waals surface area (Å²) in [5, 5.41) is 0.690. The Hall–Kier alpha value is -0.820. The van der Waals surface area contributed by atoms with Gasteiger partial charge in [0.05, 0.1) is 5.69 Å². The molecule has 8 heteroatoms. The lowest BCUT2D eigenvalue weighted by Crippen LogP contribution is -2.13. The highest BCUT2D eigenvalue weighted by atomic mass is 79.9. The number of halogens is 3. The van der Waals surface area contributed by atoms with Crippen LogP contribution in [0.2, 0.25) is 10.0 Å². The van der Waals surface area contributed by atoms with Gasteiger partial charge in [-0.05, 0) is 40.2 Å². The van der Waals surface area contributed by atoms with E-state index in [-0.39, 0.29) is 10.6 Å². The van der Waals surface area contributed by atoms with Crippen molar-refractivity contribution in [3.8, 4) is 0 Å².